The predicted molar refractivity (Wildman–Crippen MR) is 80.2 cm³/mol. The molecule has 0 amide bonds. The number of carbonyl (C=O) groups is 1. The van der Waals surface area contributed by atoms with Crippen molar-refractivity contribution in [2.75, 3.05) is 6.61 Å². The molecule has 5 nitrogen and oxygen atoms in total. The van der Waals surface area contributed by atoms with Crippen LogP contribution in [0.25, 0.3) is 0 Å². The van der Waals surface area contributed by atoms with Crippen LogP contribution in [0.2, 0.25) is 0 Å². The van der Waals surface area contributed by atoms with Crippen molar-refractivity contribution in [1.29, 1.82) is 0 Å². The highest BCUT2D eigenvalue weighted by molar-refractivity contribution is 5.72. The number of carbonyl (C=O) groups excluding carboxylic acids is 1. The molecule has 1 spiro atoms. The van der Waals surface area contributed by atoms with Gasteiger partial charge in [0.15, 0.2) is 5.79 Å². The molecule has 126 valence electrons. The molecule has 2 heterocycles. The average Bonchev–Trinajstić information content (AvgIpc) is 3.10. The molecule has 3 fully saturated rings. The minimum atomic E-state index is -0.595. The number of esters is 1. The molecule has 0 unspecified atom stereocenters. The van der Waals surface area contributed by atoms with E-state index >= 15 is 0 Å². The van der Waals surface area contributed by atoms with Gasteiger partial charge in [-0.05, 0) is 19.3 Å². The summed E-state index contributed by atoms with van der Waals surface area (Å²) in [6.45, 7) is 2.60. The van der Waals surface area contributed by atoms with Crippen LogP contribution in [-0.4, -0.2) is 41.8 Å². The Morgan fingerprint density at radius 1 is 1.32 bits per heavy atom. The van der Waals surface area contributed by atoms with Gasteiger partial charge in [0.25, 0.3) is 0 Å². The molecule has 2 saturated heterocycles. The maximum absolute atomic E-state index is 11.7. The predicted octanol–water partition coefficient (Wildman–Crippen LogP) is 2.55. The lowest BCUT2D eigenvalue weighted by atomic mass is 9.89. The number of aliphatic hydroxyl groups excluding tert-OH is 1. The van der Waals surface area contributed by atoms with Crippen LogP contribution in [0.5, 0.6) is 0 Å². The largest absolute Gasteiger partial charge is 0.459 e. The van der Waals surface area contributed by atoms with E-state index in [1.165, 1.54) is 6.42 Å². The summed E-state index contributed by atoms with van der Waals surface area (Å²) in [5.41, 5.74) is 0. The number of ether oxygens (including phenoxy) is 3. The third-order valence-corrected chi connectivity index (χ3v) is 5.29. The summed E-state index contributed by atoms with van der Waals surface area (Å²) in [7, 11) is 0. The van der Waals surface area contributed by atoms with Gasteiger partial charge in [-0.25, -0.2) is 0 Å². The molecule has 1 saturated carbocycles. The average molecular weight is 312 g/mol. The van der Waals surface area contributed by atoms with Crippen molar-refractivity contribution in [3.8, 4) is 0 Å². The minimum Gasteiger partial charge on any atom is -0.459 e. The molecule has 3 rings (SSSR count). The smallest absolute Gasteiger partial charge is 0.306 e. The van der Waals surface area contributed by atoms with Gasteiger partial charge < -0.3 is 19.3 Å². The van der Waals surface area contributed by atoms with Gasteiger partial charge >= 0.3 is 5.97 Å². The van der Waals surface area contributed by atoms with E-state index in [-0.39, 0.29) is 18.0 Å². The summed E-state index contributed by atoms with van der Waals surface area (Å²) in [4.78, 5) is 11.7. The highest BCUT2D eigenvalue weighted by Gasteiger charge is 2.51. The molecule has 5 heteroatoms. The van der Waals surface area contributed by atoms with E-state index in [9.17, 15) is 9.90 Å². The molecule has 0 aromatic carbocycles. The lowest BCUT2D eigenvalue weighted by Crippen LogP contribution is -2.40. The lowest BCUT2D eigenvalue weighted by Gasteiger charge is -2.33. The summed E-state index contributed by atoms with van der Waals surface area (Å²) in [6, 6.07) is 0. The molecule has 0 aromatic heterocycles. The van der Waals surface area contributed by atoms with Crippen LogP contribution < -0.4 is 0 Å². The van der Waals surface area contributed by atoms with E-state index in [0.717, 1.165) is 38.5 Å². The Labute approximate surface area is 132 Å². The maximum atomic E-state index is 11.7. The molecule has 0 aromatic rings. The van der Waals surface area contributed by atoms with E-state index in [4.69, 9.17) is 14.2 Å². The van der Waals surface area contributed by atoms with Crippen molar-refractivity contribution < 1.29 is 24.1 Å². The van der Waals surface area contributed by atoms with Crippen LogP contribution in [0.4, 0.5) is 0 Å². The Morgan fingerprint density at radius 2 is 2.09 bits per heavy atom. The van der Waals surface area contributed by atoms with Gasteiger partial charge in [-0.15, -0.1) is 0 Å². The van der Waals surface area contributed by atoms with Crippen LogP contribution in [0.15, 0.2) is 0 Å². The molecular formula is C17H28O5. The highest BCUT2D eigenvalue weighted by atomic mass is 16.7. The maximum Gasteiger partial charge on any atom is 0.306 e. The van der Waals surface area contributed by atoms with Crippen LogP contribution in [0.3, 0.4) is 0 Å². The number of rotatable bonds is 5. The topological polar surface area (TPSA) is 65.0 Å². The highest BCUT2D eigenvalue weighted by Crippen LogP contribution is 2.42. The van der Waals surface area contributed by atoms with Crippen molar-refractivity contribution in [2.24, 2.45) is 5.92 Å². The minimum absolute atomic E-state index is 0.0827. The summed E-state index contributed by atoms with van der Waals surface area (Å²) in [5.74, 6) is -0.743. The molecule has 2 aliphatic heterocycles. The van der Waals surface area contributed by atoms with Crippen molar-refractivity contribution in [3.63, 3.8) is 0 Å². The van der Waals surface area contributed by atoms with Crippen molar-refractivity contribution in [1.82, 2.24) is 0 Å². The van der Waals surface area contributed by atoms with Crippen LogP contribution >= 0.6 is 0 Å². The Hall–Kier alpha value is -0.650. The van der Waals surface area contributed by atoms with Crippen LogP contribution in [-0.2, 0) is 19.0 Å². The Balaban J connectivity index is 1.63. The fourth-order valence-corrected chi connectivity index (χ4v) is 4.02. The third-order valence-electron chi connectivity index (χ3n) is 5.29. The van der Waals surface area contributed by atoms with Gasteiger partial charge in [-0.3, -0.25) is 4.79 Å². The van der Waals surface area contributed by atoms with Gasteiger partial charge in [-0.2, -0.15) is 0 Å². The fraction of sp³-hybridized carbons (Fsp3) is 0.941. The first-order valence-corrected chi connectivity index (χ1v) is 8.83. The third kappa shape index (κ3) is 3.31. The van der Waals surface area contributed by atoms with E-state index in [1.54, 1.807) is 0 Å². The number of aliphatic hydroxyl groups is 1. The summed E-state index contributed by atoms with van der Waals surface area (Å²) >= 11 is 0. The second kappa shape index (κ2) is 6.85. The molecule has 4 atom stereocenters. The monoisotopic (exact) mass is 312 g/mol. The van der Waals surface area contributed by atoms with E-state index in [0.29, 0.717) is 19.4 Å². The zero-order chi connectivity index (χ0) is 15.6. The molecule has 22 heavy (non-hydrogen) atoms. The SMILES string of the molecule is CCCC[C@@H](O)[C@H]1OC(=O)C[C@H]1[C@H]1COC2(CCCCC2)O1. The van der Waals surface area contributed by atoms with Crippen molar-refractivity contribution in [3.05, 3.63) is 0 Å². The zero-order valence-electron chi connectivity index (χ0n) is 13.5. The first kappa shape index (κ1) is 16.2. The Morgan fingerprint density at radius 3 is 2.82 bits per heavy atom. The molecule has 3 aliphatic rings. The number of hydrogen-bond donors (Lipinski definition) is 1. The summed E-state index contributed by atoms with van der Waals surface area (Å²) in [5, 5.41) is 10.4. The fourth-order valence-electron chi connectivity index (χ4n) is 4.02. The first-order chi connectivity index (χ1) is 10.6. The standard InChI is InChI=1S/C17H28O5/c1-2-3-7-13(18)16-12(10-15(19)21-16)14-11-20-17(22-14)8-5-4-6-9-17/h12-14,16,18H,2-11H2,1H3/t12-,13+,14+,16-/m0/s1. The Kier molecular flexibility index (Phi) is 5.05. The summed E-state index contributed by atoms with van der Waals surface area (Å²) < 4.78 is 17.6. The molecule has 0 bridgehead atoms. The normalized spacial score (nSPS) is 35.7. The number of hydrogen-bond acceptors (Lipinski definition) is 5. The molecule has 1 aliphatic carbocycles. The zero-order valence-corrected chi connectivity index (χ0v) is 13.5. The molecular weight excluding hydrogens is 284 g/mol. The second-order valence-corrected chi connectivity index (χ2v) is 6.97. The summed E-state index contributed by atoms with van der Waals surface area (Å²) in [6.07, 6.45) is 7.18. The lowest BCUT2D eigenvalue weighted by molar-refractivity contribution is -0.194. The van der Waals surface area contributed by atoms with Gasteiger partial charge in [0.05, 0.1) is 25.2 Å². The van der Waals surface area contributed by atoms with E-state index in [2.05, 4.69) is 6.92 Å². The number of unbranched alkanes of at least 4 members (excludes halogenated alkanes) is 1. The van der Waals surface area contributed by atoms with Crippen molar-refractivity contribution in [2.45, 2.75) is 88.8 Å². The first-order valence-electron chi connectivity index (χ1n) is 8.83. The van der Waals surface area contributed by atoms with Crippen LogP contribution in [0, 0.1) is 5.92 Å². The quantitative estimate of drug-likeness (QED) is 0.790. The van der Waals surface area contributed by atoms with E-state index in [1.807, 2.05) is 0 Å². The number of cyclic esters (lactones) is 1. The van der Waals surface area contributed by atoms with Gasteiger partial charge in [0, 0.05) is 18.8 Å². The van der Waals surface area contributed by atoms with Gasteiger partial charge in [0.1, 0.15) is 6.10 Å². The van der Waals surface area contributed by atoms with Gasteiger partial charge in [-0.1, -0.05) is 26.2 Å². The van der Waals surface area contributed by atoms with E-state index < -0.39 is 18.0 Å². The Bertz CT molecular complexity index is 391. The molecule has 0 radical (unpaired) electrons. The second-order valence-electron chi connectivity index (χ2n) is 6.97. The van der Waals surface area contributed by atoms with Crippen LogP contribution in [0.1, 0.15) is 64.7 Å². The van der Waals surface area contributed by atoms with Crippen molar-refractivity contribution >= 4 is 5.97 Å². The van der Waals surface area contributed by atoms with Gasteiger partial charge in [0.2, 0.25) is 0 Å². The molecule has 1 N–H and O–H groups in total.